The SMILES string of the molecule is CCC(CC)C(=O)N1CC(N(C)C)C1. The Morgan fingerprint density at radius 3 is 2.21 bits per heavy atom. The van der Waals surface area contributed by atoms with Crippen LogP contribution in [0.15, 0.2) is 0 Å². The molecule has 0 aromatic heterocycles. The summed E-state index contributed by atoms with van der Waals surface area (Å²) in [6.45, 7) is 6.02. The molecule has 0 bridgehead atoms. The van der Waals surface area contributed by atoms with Crippen LogP contribution in [-0.2, 0) is 4.79 Å². The largest absolute Gasteiger partial charge is 0.339 e. The molecular formula is C11H22N2O. The van der Waals surface area contributed by atoms with Crippen LogP contribution in [0.1, 0.15) is 26.7 Å². The Kier molecular flexibility index (Phi) is 3.93. The molecule has 1 heterocycles. The number of hydrogen-bond donors (Lipinski definition) is 0. The Labute approximate surface area is 87.1 Å². The number of nitrogens with zero attached hydrogens (tertiary/aromatic N) is 2. The van der Waals surface area contributed by atoms with E-state index in [-0.39, 0.29) is 5.92 Å². The van der Waals surface area contributed by atoms with E-state index >= 15 is 0 Å². The third-order valence-electron chi connectivity index (χ3n) is 3.24. The Hall–Kier alpha value is -0.570. The predicted octanol–water partition coefficient (Wildman–Crippen LogP) is 1.20. The summed E-state index contributed by atoms with van der Waals surface area (Å²) >= 11 is 0. The van der Waals surface area contributed by atoms with Gasteiger partial charge in [-0.25, -0.2) is 0 Å². The van der Waals surface area contributed by atoms with E-state index < -0.39 is 0 Å². The first-order valence-electron chi connectivity index (χ1n) is 5.55. The number of hydrogen-bond acceptors (Lipinski definition) is 2. The van der Waals surface area contributed by atoms with Crippen molar-refractivity contribution in [2.24, 2.45) is 5.92 Å². The van der Waals surface area contributed by atoms with Crippen molar-refractivity contribution in [3.63, 3.8) is 0 Å². The highest BCUT2D eigenvalue weighted by molar-refractivity contribution is 5.79. The first-order valence-corrected chi connectivity index (χ1v) is 5.55. The number of amides is 1. The van der Waals surface area contributed by atoms with Gasteiger partial charge in [-0.2, -0.15) is 0 Å². The van der Waals surface area contributed by atoms with Gasteiger partial charge in [-0.05, 0) is 26.9 Å². The summed E-state index contributed by atoms with van der Waals surface area (Å²) in [6.07, 6.45) is 1.94. The average Bonchev–Trinajstić information content (AvgIpc) is 2.02. The Balaban J connectivity index is 2.35. The Morgan fingerprint density at radius 2 is 1.86 bits per heavy atom. The van der Waals surface area contributed by atoms with Gasteiger partial charge < -0.3 is 9.80 Å². The molecule has 82 valence electrons. The first-order chi connectivity index (χ1) is 6.60. The second-order valence-electron chi connectivity index (χ2n) is 4.37. The fourth-order valence-corrected chi connectivity index (χ4v) is 1.86. The van der Waals surface area contributed by atoms with Crippen LogP contribution >= 0.6 is 0 Å². The summed E-state index contributed by atoms with van der Waals surface area (Å²) in [7, 11) is 4.15. The minimum atomic E-state index is 0.248. The van der Waals surface area contributed by atoms with Crippen LogP contribution in [0.25, 0.3) is 0 Å². The van der Waals surface area contributed by atoms with Crippen molar-refractivity contribution in [1.82, 2.24) is 9.80 Å². The third kappa shape index (κ3) is 2.27. The molecule has 14 heavy (non-hydrogen) atoms. The lowest BCUT2D eigenvalue weighted by Gasteiger charge is -2.44. The highest BCUT2D eigenvalue weighted by atomic mass is 16.2. The molecule has 0 aromatic carbocycles. The van der Waals surface area contributed by atoms with Crippen molar-refractivity contribution in [1.29, 1.82) is 0 Å². The molecule has 1 amide bonds. The molecule has 1 aliphatic rings. The molecule has 0 N–H and O–H groups in total. The highest BCUT2D eigenvalue weighted by Crippen LogP contribution is 2.19. The molecular weight excluding hydrogens is 176 g/mol. The summed E-state index contributed by atoms with van der Waals surface area (Å²) in [5.74, 6) is 0.603. The maximum absolute atomic E-state index is 11.9. The maximum Gasteiger partial charge on any atom is 0.225 e. The Bertz CT molecular complexity index is 193. The van der Waals surface area contributed by atoms with Gasteiger partial charge in [0.15, 0.2) is 0 Å². The van der Waals surface area contributed by atoms with Crippen LogP contribution in [0.3, 0.4) is 0 Å². The molecule has 0 radical (unpaired) electrons. The van der Waals surface area contributed by atoms with Gasteiger partial charge in [0.1, 0.15) is 0 Å². The molecule has 0 spiro atoms. The number of rotatable bonds is 4. The Morgan fingerprint density at radius 1 is 1.36 bits per heavy atom. The van der Waals surface area contributed by atoms with Gasteiger partial charge in [-0.15, -0.1) is 0 Å². The van der Waals surface area contributed by atoms with E-state index in [4.69, 9.17) is 0 Å². The molecule has 1 rings (SSSR count). The molecule has 1 fully saturated rings. The second-order valence-corrected chi connectivity index (χ2v) is 4.37. The van der Waals surface area contributed by atoms with Crippen LogP contribution in [0, 0.1) is 5.92 Å². The zero-order valence-corrected chi connectivity index (χ0v) is 9.79. The number of likely N-dealkylation sites (tertiary alicyclic amines) is 1. The van der Waals surface area contributed by atoms with Crippen molar-refractivity contribution in [2.75, 3.05) is 27.2 Å². The van der Waals surface area contributed by atoms with Crippen LogP contribution in [0.4, 0.5) is 0 Å². The van der Waals surface area contributed by atoms with Gasteiger partial charge in [0.05, 0.1) is 0 Å². The number of carbonyl (C=O) groups excluding carboxylic acids is 1. The van der Waals surface area contributed by atoms with Crippen molar-refractivity contribution in [2.45, 2.75) is 32.7 Å². The lowest BCUT2D eigenvalue weighted by Crippen LogP contribution is -2.60. The normalized spacial score (nSPS) is 17.7. The standard InChI is InChI=1S/C11H22N2O/c1-5-9(6-2)11(14)13-7-10(8-13)12(3)4/h9-10H,5-8H2,1-4H3. The van der Waals surface area contributed by atoms with Gasteiger partial charge in [-0.1, -0.05) is 13.8 Å². The molecule has 0 saturated carbocycles. The molecule has 1 saturated heterocycles. The lowest BCUT2D eigenvalue weighted by molar-refractivity contribution is -0.142. The smallest absolute Gasteiger partial charge is 0.225 e. The molecule has 0 aromatic rings. The maximum atomic E-state index is 11.9. The lowest BCUT2D eigenvalue weighted by atomic mass is 9.98. The zero-order chi connectivity index (χ0) is 10.7. The van der Waals surface area contributed by atoms with E-state index in [0.29, 0.717) is 11.9 Å². The van der Waals surface area contributed by atoms with E-state index in [9.17, 15) is 4.79 Å². The molecule has 1 aliphatic heterocycles. The summed E-state index contributed by atoms with van der Waals surface area (Å²) in [5, 5.41) is 0. The molecule has 3 heteroatoms. The average molecular weight is 198 g/mol. The van der Waals surface area contributed by atoms with Gasteiger partial charge in [-0.3, -0.25) is 4.79 Å². The minimum absolute atomic E-state index is 0.248. The van der Waals surface area contributed by atoms with Crippen molar-refractivity contribution >= 4 is 5.91 Å². The molecule has 0 atom stereocenters. The van der Waals surface area contributed by atoms with E-state index in [1.54, 1.807) is 0 Å². The topological polar surface area (TPSA) is 23.6 Å². The van der Waals surface area contributed by atoms with E-state index in [1.807, 2.05) is 4.90 Å². The monoisotopic (exact) mass is 198 g/mol. The van der Waals surface area contributed by atoms with Gasteiger partial charge in [0.2, 0.25) is 5.91 Å². The summed E-state index contributed by atoms with van der Waals surface area (Å²) in [6, 6.07) is 0.577. The van der Waals surface area contributed by atoms with Gasteiger partial charge in [0.25, 0.3) is 0 Å². The van der Waals surface area contributed by atoms with Crippen LogP contribution < -0.4 is 0 Å². The zero-order valence-electron chi connectivity index (χ0n) is 9.79. The predicted molar refractivity (Wildman–Crippen MR) is 58.1 cm³/mol. The third-order valence-corrected chi connectivity index (χ3v) is 3.24. The summed E-state index contributed by atoms with van der Waals surface area (Å²) < 4.78 is 0. The molecule has 0 unspecified atom stereocenters. The van der Waals surface area contributed by atoms with Crippen LogP contribution in [0.2, 0.25) is 0 Å². The quantitative estimate of drug-likeness (QED) is 0.677. The molecule has 0 aliphatic carbocycles. The number of likely N-dealkylation sites (N-methyl/N-ethyl adjacent to an activating group) is 1. The summed E-state index contributed by atoms with van der Waals surface area (Å²) in [5.41, 5.74) is 0. The molecule has 3 nitrogen and oxygen atoms in total. The van der Waals surface area contributed by atoms with Gasteiger partial charge >= 0.3 is 0 Å². The van der Waals surface area contributed by atoms with Crippen molar-refractivity contribution in [3.05, 3.63) is 0 Å². The highest BCUT2D eigenvalue weighted by Gasteiger charge is 2.33. The van der Waals surface area contributed by atoms with E-state index in [1.165, 1.54) is 0 Å². The van der Waals surface area contributed by atoms with Crippen LogP contribution in [-0.4, -0.2) is 48.9 Å². The fraction of sp³-hybridized carbons (Fsp3) is 0.909. The van der Waals surface area contributed by atoms with Crippen molar-refractivity contribution < 1.29 is 4.79 Å². The van der Waals surface area contributed by atoms with Gasteiger partial charge in [0, 0.05) is 25.0 Å². The minimum Gasteiger partial charge on any atom is -0.339 e. The first kappa shape index (κ1) is 11.5. The second kappa shape index (κ2) is 4.78. The van der Waals surface area contributed by atoms with Crippen molar-refractivity contribution in [3.8, 4) is 0 Å². The van der Waals surface area contributed by atoms with E-state index in [0.717, 1.165) is 25.9 Å². The fourth-order valence-electron chi connectivity index (χ4n) is 1.86. The summed E-state index contributed by atoms with van der Waals surface area (Å²) in [4.78, 5) is 16.0. The van der Waals surface area contributed by atoms with E-state index in [2.05, 4.69) is 32.8 Å². The van der Waals surface area contributed by atoms with Crippen LogP contribution in [0.5, 0.6) is 0 Å². The number of carbonyl (C=O) groups is 1.